The van der Waals surface area contributed by atoms with Crippen molar-refractivity contribution in [2.45, 2.75) is 39.8 Å². The van der Waals surface area contributed by atoms with Crippen molar-refractivity contribution >= 4 is 11.6 Å². The first-order chi connectivity index (χ1) is 4.09. The van der Waals surface area contributed by atoms with Crippen LogP contribution in [0.15, 0.2) is 0 Å². The van der Waals surface area contributed by atoms with E-state index in [1.54, 1.807) is 0 Å². The van der Waals surface area contributed by atoms with Gasteiger partial charge in [0.05, 0.1) is 6.00 Å². The Morgan fingerprint density at radius 1 is 1.11 bits per heavy atom. The molecule has 0 atom stereocenters. The number of nitrogens with zero attached hydrogens (tertiary/aromatic N) is 1. The molecule has 0 fully saturated rings. The summed E-state index contributed by atoms with van der Waals surface area (Å²) in [4.78, 5) is 2.22. The highest BCUT2D eigenvalue weighted by Gasteiger charge is 2.10. The highest BCUT2D eigenvalue weighted by atomic mass is 35.5. The highest BCUT2D eigenvalue weighted by Crippen LogP contribution is 2.04. The fourth-order valence-corrected chi connectivity index (χ4v) is 1.42. The standard InChI is InChI=1S/C7H16ClN/c1-6(2)9(5-8)7(3)4/h6-7H,5H2,1-4H3. The van der Waals surface area contributed by atoms with Crippen molar-refractivity contribution in [2.24, 2.45) is 0 Å². The van der Waals surface area contributed by atoms with E-state index in [1.807, 2.05) is 0 Å². The Bertz CT molecular complexity index is 63.3. The predicted molar refractivity (Wildman–Crippen MR) is 42.8 cm³/mol. The van der Waals surface area contributed by atoms with E-state index in [4.69, 9.17) is 11.6 Å². The maximum Gasteiger partial charge on any atom is 0.0742 e. The Morgan fingerprint density at radius 2 is 1.44 bits per heavy atom. The molecule has 0 saturated carbocycles. The minimum absolute atomic E-state index is 0.558. The Morgan fingerprint density at radius 3 is 1.44 bits per heavy atom. The van der Waals surface area contributed by atoms with Crippen molar-refractivity contribution in [3.05, 3.63) is 0 Å². The van der Waals surface area contributed by atoms with Gasteiger partial charge in [-0.15, -0.1) is 11.6 Å². The second-order valence-electron chi connectivity index (χ2n) is 2.82. The summed E-state index contributed by atoms with van der Waals surface area (Å²) >= 11 is 5.68. The molecule has 2 heteroatoms. The number of rotatable bonds is 3. The van der Waals surface area contributed by atoms with Crippen molar-refractivity contribution in [3.63, 3.8) is 0 Å². The quantitative estimate of drug-likeness (QED) is 0.440. The van der Waals surface area contributed by atoms with Crippen LogP contribution >= 0.6 is 11.6 Å². The predicted octanol–water partition coefficient (Wildman–Crippen LogP) is 2.30. The third-order valence-corrected chi connectivity index (χ3v) is 1.74. The molecule has 0 aliphatic heterocycles. The van der Waals surface area contributed by atoms with Crippen molar-refractivity contribution in [1.29, 1.82) is 0 Å². The van der Waals surface area contributed by atoms with E-state index in [1.165, 1.54) is 0 Å². The van der Waals surface area contributed by atoms with Crippen LogP contribution in [0.2, 0.25) is 0 Å². The van der Waals surface area contributed by atoms with Crippen molar-refractivity contribution in [2.75, 3.05) is 6.00 Å². The lowest BCUT2D eigenvalue weighted by atomic mass is 10.2. The number of hydrogen-bond acceptors (Lipinski definition) is 1. The Labute approximate surface area is 63.0 Å². The average Bonchev–Trinajstić information content (AvgIpc) is 1.64. The molecule has 0 spiro atoms. The fourth-order valence-electron chi connectivity index (χ4n) is 0.872. The normalized spacial score (nSPS) is 12.0. The highest BCUT2D eigenvalue weighted by molar-refractivity contribution is 6.17. The third-order valence-electron chi connectivity index (χ3n) is 1.46. The molecule has 0 radical (unpaired) electrons. The minimum atomic E-state index is 0.558. The van der Waals surface area contributed by atoms with Gasteiger partial charge in [-0.1, -0.05) is 0 Å². The monoisotopic (exact) mass is 149 g/mol. The summed E-state index contributed by atoms with van der Waals surface area (Å²) in [6.07, 6.45) is 0. The molecule has 0 unspecified atom stereocenters. The largest absolute Gasteiger partial charge is 0.285 e. The van der Waals surface area contributed by atoms with Crippen LogP contribution < -0.4 is 0 Å². The van der Waals surface area contributed by atoms with Crippen molar-refractivity contribution < 1.29 is 0 Å². The molecule has 0 aromatic heterocycles. The number of hydrogen-bond donors (Lipinski definition) is 0. The summed E-state index contributed by atoms with van der Waals surface area (Å²) in [7, 11) is 0. The Hall–Kier alpha value is 0.250. The van der Waals surface area contributed by atoms with Crippen molar-refractivity contribution in [1.82, 2.24) is 4.90 Å². The van der Waals surface area contributed by atoms with Crippen molar-refractivity contribution in [3.8, 4) is 0 Å². The lowest BCUT2D eigenvalue weighted by molar-refractivity contribution is 0.208. The Kier molecular flexibility index (Phi) is 4.24. The van der Waals surface area contributed by atoms with Gasteiger partial charge in [-0.2, -0.15) is 0 Å². The molecule has 0 aliphatic carbocycles. The lowest BCUT2D eigenvalue weighted by Gasteiger charge is -2.27. The van der Waals surface area contributed by atoms with Crippen LogP contribution in [-0.4, -0.2) is 23.0 Å². The zero-order chi connectivity index (χ0) is 7.44. The molecule has 0 rings (SSSR count). The van der Waals surface area contributed by atoms with Gasteiger partial charge in [0.15, 0.2) is 0 Å². The van der Waals surface area contributed by atoms with Gasteiger partial charge >= 0.3 is 0 Å². The van der Waals surface area contributed by atoms with Crippen LogP contribution in [0, 0.1) is 0 Å². The van der Waals surface area contributed by atoms with E-state index in [0.717, 1.165) is 0 Å². The first kappa shape index (κ1) is 9.25. The zero-order valence-corrected chi connectivity index (χ0v) is 7.44. The molecular formula is C7H16ClN. The summed E-state index contributed by atoms with van der Waals surface area (Å²) in [5, 5.41) is 0. The van der Waals surface area contributed by atoms with E-state index in [-0.39, 0.29) is 0 Å². The first-order valence-electron chi connectivity index (χ1n) is 3.41. The van der Waals surface area contributed by atoms with Gasteiger partial charge < -0.3 is 0 Å². The van der Waals surface area contributed by atoms with Gasteiger partial charge in [0, 0.05) is 12.1 Å². The summed E-state index contributed by atoms with van der Waals surface area (Å²) in [5.41, 5.74) is 0. The SMILES string of the molecule is CC(C)N(CCl)C(C)C. The molecule has 0 aliphatic rings. The average molecular weight is 150 g/mol. The topological polar surface area (TPSA) is 3.24 Å². The van der Waals surface area contributed by atoms with Gasteiger partial charge in [0.25, 0.3) is 0 Å². The fraction of sp³-hybridized carbons (Fsp3) is 1.00. The second-order valence-corrected chi connectivity index (χ2v) is 3.06. The van der Waals surface area contributed by atoms with Gasteiger partial charge in [-0.3, -0.25) is 4.90 Å². The van der Waals surface area contributed by atoms with Crippen LogP contribution in [0.5, 0.6) is 0 Å². The molecule has 56 valence electrons. The molecule has 0 aromatic carbocycles. The third kappa shape index (κ3) is 3.07. The van der Waals surface area contributed by atoms with E-state index in [2.05, 4.69) is 32.6 Å². The number of halogens is 1. The molecule has 1 nitrogen and oxygen atoms in total. The maximum absolute atomic E-state index is 5.68. The van der Waals surface area contributed by atoms with Crippen LogP contribution in [0.3, 0.4) is 0 Å². The summed E-state index contributed by atoms with van der Waals surface area (Å²) < 4.78 is 0. The summed E-state index contributed by atoms with van der Waals surface area (Å²) in [6.45, 7) is 8.62. The van der Waals surface area contributed by atoms with Crippen LogP contribution in [0.4, 0.5) is 0 Å². The Balaban J connectivity index is 3.68. The molecule has 0 heterocycles. The van der Waals surface area contributed by atoms with E-state index in [9.17, 15) is 0 Å². The van der Waals surface area contributed by atoms with Gasteiger partial charge in [0.1, 0.15) is 0 Å². The molecule has 0 bridgehead atoms. The molecule has 0 saturated heterocycles. The van der Waals surface area contributed by atoms with Crippen LogP contribution in [0.25, 0.3) is 0 Å². The van der Waals surface area contributed by atoms with E-state index < -0.39 is 0 Å². The van der Waals surface area contributed by atoms with Gasteiger partial charge in [-0.25, -0.2) is 0 Å². The zero-order valence-electron chi connectivity index (χ0n) is 6.69. The second kappa shape index (κ2) is 4.13. The molecule has 0 N–H and O–H groups in total. The maximum atomic E-state index is 5.68. The molecule has 0 aromatic rings. The molecule has 0 amide bonds. The summed E-state index contributed by atoms with van der Waals surface area (Å²) in [5.74, 6) is 0. The molecular weight excluding hydrogens is 134 g/mol. The van der Waals surface area contributed by atoms with E-state index in [0.29, 0.717) is 18.1 Å². The van der Waals surface area contributed by atoms with Gasteiger partial charge in [0.2, 0.25) is 0 Å². The van der Waals surface area contributed by atoms with Crippen LogP contribution in [-0.2, 0) is 0 Å². The smallest absolute Gasteiger partial charge is 0.0742 e. The molecule has 9 heavy (non-hydrogen) atoms. The van der Waals surface area contributed by atoms with E-state index >= 15 is 0 Å². The lowest BCUT2D eigenvalue weighted by Crippen LogP contribution is -2.35. The van der Waals surface area contributed by atoms with Gasteiger partial charge in [-0.05, 0) is 27.7 Å². The first-order valence-corrected chi connectivity index (χ1v) is 3.94. The minimum Gasteiger partial charge on any atom is -0.285 e. The number of alkyl halides is 1. The summed E-state index contributed by atoms with van der Waals surface area (Å²) in [6, 6.07) is 1.75. The van der Waals surface area contributed by atoms with Crippen LogP contribution in [0.1, 0.15) is 27.7 Å².